The van der Waals surface area contributed by atoms with E-state index in [1.54, 1.807) is 0 Å². The minimum absolute atomic E-state index is 0.137. The van der Waals surface area contributed by atoms with Gasteiger partial charge in [-0.1, -0.05) is 30.3 Å². The first-order valence-electron chi connectivity index (χ1n) is 4.92. The Morgan fingerprint density at radius 1 is 1.40 bits per heavy atom. The minimum atomic E-state index is -1.31. The number of halogens is 1. The van der Waals surface area contributed by atoms with Gasteiger partial charge in [-0.25, -0.2) is 0 Å². The van der Waals surface area contributed by atoms with Gasteiger partial charge in [0.1, 0.15) is 5.60 Å². The maximum Gasteiger partial charge on any atom is 0.178 e. The van der Waals surface area contributed by atoms with E-state index in [2.05, 4.69) is 0 Å². The number of carbonyl (C=O) groups excluding carboxylic acids is 1. The number of alkyl halides is 1. The number of aryl methyl sites for hydroxylation is 1. The fourth-order valence-corrected chi connectivity index (χ4v) is 1.60. The van der Waals surface area contributed by atoms with Gasteiger partial charge in [-0.15, -0.1) is 11.6 Å². The molecule has 0 heterocycles. The quantitative estimate of drug-likeness (QED) is 0.782. The van der Waals surface area contributed by atoms with Gasteiger partial charge in [0.2, 0.25) is 0 Å². The number of aliphatic hydroxyl groups is 1. The zero-order valence-corrected chi connectivity index (χ0v) is 9.50. The molecule has 0 spiro atoms. The number of Topliss-reactive ketones (excluding diaryl/α,β-unsaturated/α-hetero) is 1. The molecule has 0 aromatic heterocycles. The van der Waals surface area contributed by atoms with E-state index in [1.807, 2.05) is 30.3 Å². The maximum absolute atomic E-state index is 11.3. The summed E-state index contributed by atoms with van der Waals surface area (Å²) in [5, 5.41) is 9.81. The van der Waals surface area contributed by atoms with Crippen molar-refractivity contribution in [3.8, 4) is 0 Å². The van der Waals surface area contributed by atoms with Crippen molar-refractivity contribution in [2.45, 2.75) is 25.4 Å². The molecule has 0 bridgehead atoms. The molecule has 0 fully saturated rings. The molecule has 2 nitrogen and oxygen atoms in total. The van der Waals surface area contributed by atoms with Crippen LogP contribution in [-0.2, 0) is 11.2 Å². The summed E-state index contributed by atoms with van der Waals surface area (Å²) in [4.78, 5) is 11.3. The van der Waals surface area contributed by atoms with Crippen LogP contribution in [0.1, 0.15) is 18.9 Å². The van der Waals surface area contributed by atoms with Gasteiger partial charge >= 0.3 is 0 Å². The van der Waals surface area contributed by atoms with Crippen LogP contribution in [0.5, 0.6) is 0 Å². The summed E-state index contributed by atoms with van der Waals surface area (Å²) in [5.74, 6) is -0.456. The predicted molar refractivity (Wildman–Crippen MR) is 61.1 cm³/mol. The van der Waals surface area contributed by atoms with Crippen molar-refractivity contribution >= 4 is 17.4 Å². The second-order valence-corrected chi connectivity index (χ2v) is 4.08. The first-order valence-corrected chi connectivity index (χ1v) is 5.45. The van der Waals surface area contributed by atoms with Crippen molar-refractivity contribution in [1.82, 2.24) is 0 Å². The molecule has 3 heteroatoms. The molecule has 0 saturated heterocycles. The van der Waals surface area contributed by atoms with Crippen molar-refractivity contribution in [3.63, 3.8) is 0 Å². The zero-order chi connectivity index (χ0) is 11.3. The summed E-state index contributed by atoms with van der Waals surface area (Å²) >= 11 is 5.41. The van der Waals surface area contributed by atoms with Crippen LogP contribution in [0.15, 0.2) is 30.3 Å². The monoisotopic (exact) mass is 226 g/mol. The van der Waals surface area contributed by atoms with Gasteiger partial charge in [0.25, 0.3) is 0 Å². The van der Waals surface area contributed by atoms with E-state index in [1.165, 1.54) is 6.92 Å². The molecule has 1 aromatic rings. The second-order valence-electron chi connectivity index (χ2n) is 3.82. The highest BCUT2D eigenvalue weighted by atomic mass is 35.5. The minimum Gasteiger partial charge on any atom is -0.382 e. The summed E-state index contributed by atoms with van der Waals surface area (Å²) in [6.07, 6.45) is 1.08. The van der Waals surface area contributed by atoms with E-state index in [0.717, 1.165) is 5.56 Å². The van der Waals surface area contributed by atoms with E-state index in [9.17, 15) is 9.90 Å². The van der Waals surface area contributed by atoms with Crippen LogP contribution in [0.4, 0.5) is 0 Å². The van der Waals surface area contributed by atoms with Crippen molar-refractivity contribution < 1.29 is 9.90 Å². The van der Waals surface area contributed by atoms with Gasteiger partial charge in [-0.3, -0.25) is 4.79 Å². The lowest BCUT2D eigenvalue weighted by Crippen LogP contribution is -2.36. The highest BCUT2D eigenvalue weighted by molar-refractivity contribution is 6.28. The predicted octanol–water partition coefficient (Wildman–Crippen LogP) is 2.18. The Kier molecular flexibility index (Phi) is 4.30. The number of carbonyl (C=O) groups is 1. The van der Waals surface area contributed by atoms with Crippen LogP contribution >= 0.6 is 11.6 Å². The largest absolute Gasteiger partial charge is 0.382 e. The molecule has 1 unspecified atom stereocenters. The summed E-state index contributed by atoms with van der Waals surface area (Å²) in [6, 6.07) is 9.76. The lowest BCUT2D eigenvalue weighted by atomic mass is 9.93. The molecule has 0 saturated carbocycles. The van der Waals surface area contributed by atoms with Crippen molar-refractivity contribution in [2.75, 3.05) is 5.88 Å². The molecule has 15 heavy (non-hydrogen) atoms. The summed E-state index contributed by atoms with van der Waals surface area (Å²) < 4.78 is 0. The van der Waals surface area contributed by atoms with Crippen molar-refractivity contribution in [2.24, 2.45) is 0 Å². The van der Waals surface area contributed by atoms with Crippen LogP contribution in [0.3, 0.4) is 0 Å². The van der Waals surface area contributed by atoms with Crippen LogP contribution in [0, 0.1) is 0 Å². The molecule has 82 valence electrons. The standard InChI is InChI=1S/C12H15ClO2/c1-12(15,11(14)9-13)8-7-10-5-3-2-4-6-10/h2-6,15H,7-9H2,1H3. The Labute approximate surface area is 94.9 Å². The van der Waals surface area contributed by atoms with E-state index in [4.69, 9.17) is 11.6 Å². The Bertz CT molecular complexity index is 320. The molecule has 0 amide bonds. The molecule has 1 rings (SSSR count). The Balaban J connectivity index is 2.53. The van der Waals surface area contributed by atoms with Crippen LogP contribution < -0.4 is 0 Å². The summed E-state index contributed by atoms with van der Waals surface area (Å²) in [6.45, 7) is 1.51. The third-order valence-corrected chi connectivity index (χ3v) is 2.71. The fraction of sp³-hybridized carbons (Fsp3) is 0.417. The third kappa shape index (κ3) is 3.65. The van der Waals surface area contributed by atoms with Gasteiger partial charge in [-0.2, -0.15) is 0 Å². The Hall–Kier alpha value is -0.860. The summed E-state index contributed by atoms with van der Waals surface area (Å²) in [5.41, 5.74) is -0.197. The normalized spacial score (nSPS) is 14.6. The summed E-state index contributed by atoms with van der Waals surface area (Å²) in [7, 11) is 0. The lowest BCUT2D eigenvalue weighted by Gasteiger charge is -2.20. The average Bonchev–Trinajstić information content (AvgIpc) is 2.27. The molecule has 0 radical (unpaired) electrons. The SMILES string of the molecule is CC(O)(CCc1ccccc1)C(=O)CCl. The van der Waals surface area contributed by atoms with Crippen molar-refractivity contribution in [3.05, 3.63) is 35.9 Å². The number of rotatable bonds is 5. The van der Waals surface area contributed by atoms with Gasteiger partial charge in [0.05, 0.1) is 5.88 Å². The van der Waals surface area contributed by atoms with Gasteiger partial charge in [0, 0.05) is 0 Å². The highest BCUT2D eigenvalue weighted by Gasteiger charge is 2.28. The molecule has 0 aliphatic heterocycles. The average molecular weight is 227 g/mol. The second kappa shape index (κ2) is 5.29. The smallest absolute Gasteiger partial charge is 0.178 e. The van der Waals surface area contributed by atoms with Crippen LogP contribution in [0.2, 0.25) is 0 Å². The number of hydrogen-bond acceptors (Lipinski definition) is 2. The number of hydrogen-bond donors (Lipinski definition) is 1. The molecule has 1 aromatic carbocycles. The van der Waals surface area contributed by atoms with Crippen LogP contribution in [0.25, 0.3) is 0 Å². The van der Waals surface area contributed by atoms with E-state index >= 15 is 0 Å². The van der Waals surface area contributed by atoms with Gasteiger partial charge in [-0.05, 0) is 25.3 Å². The van der Waals surface area contributed by atoms with Crippen molar-refractivity contribution in [1.29, 1.82) is 0 Å². The first-order chi connectivity index (χ1) is 7.06. The molecular weight excluding hydrogens is 212 g/mol. The molecule has 1 N–H and O–H groups in total. The van der Waals surface area contributed by atoms with E-state index in [0.29, 0.717) is 12.8 Å². The molecule has 0 aliphatic carbocycles. The lowest BCUT2D eigenvalue weighted by molar-refractivity contribution is -0.133. The Morgan fingerprint density at radius 3 is 2.53 bits per heavy atom. The van der Waals surface area contributed by atoms with E-state index < -0.39 is 5.60 Å². The van der Waals surface area contributed by atoms with Gasteiger partial charge in [0.15, 0.2) is 5.78 Å². The molecule has 1 atom stereocenters. The fourth-order valence-electron chi connectivity index (χ4n) is 1.32. The van der Waals surface area contributed by atoms with E-state index in [-0.39, 0.29) is 11.7 Å². The number of benzene rings is 1. The first kappa shape index (κ1) is 12.2. The third-order valence-electron chi connectivity index (χ3n) is 2.47. The van der Waals surface area contributed by atoms with Crippen LogP contribution in [-0.4, -0.2) is 22.4 Å². The highest BCUT2D eigenvalue weighted by Crippen LogP contribution is 2.15. The maximum atomic E-state index is 11.3. The molecular formula is C12H15ClO2. The van der Waals surface area contributed by atoms with Gasteiger partial charge < -0.3 is 5.11 Å². The molecule has 0 aliphatic rings. The zero-order valence-electron chi connectivity index (χ0n) is 8.74. The topological polar surface area (TPSA) is 37.3 Å². The number of ketones is 1. The Morgan fingerprint density at radius 2 is 2.00 bits per heavy atom.